The Balaban J connectivity index is 0.00000441. The lowest BCUT2D eigenvalue weighted by Gasteiger charge is -2.25. The van der Waals surface area contributed by atoms with Crippen molar-refractivity contribution >= 4 is 18.3 Å². The maximum atomic E-state index is 12.7. The Bertz CT molecular complexity index is 502. The number of amides is 1. The van der Waals surface area contributed by atoms with E-state index in [2.05, 4.69) is 5.32 Å². The zero-order valence-electron chi connectivity index (χ0n) is 12.8. The molecule has 126 valence electrons. The molecule has 0 aliphatic rings. The second kappa shape index (κ2) is 7.83. The molecule has 0 fully saturated rings. The van der Waals surface area contributed by atoms with Gasteiger partial charge in [-0.25, -0.2) is 0 Å². The van der Waals surface area contributed by atoms with E-state index in [9.17, 15) is 18.0 Å². The molecule has 22 heavy (non-hydrogen) atoms. The number of alkyl halides is 3. The summed E-state index contributed by atoms with van der Waals surface area (Å²) in [6.45, 7) is 5.43. The summed E-state index contributed by atoms with van der Waals surface area (Å²) in [5.41, 5.74) is 4.12. The molecule has 1 rings (SSSR count). The summed E-state index contributed by atoms with van der Waals surface area (Å²) >= 11 is 0. The highest BCUT2D eigenvalue weighted by atomic mass is 35.5. The lowest BCUT2D eigenvalue weighted by Crippen LogP contribution is -2.41. The Morgan fingerprint density at radius 3 is 2.32 bits per heavy atom. The predicted octanol–water partition coefficient (Wildman–Crippen LogP) is 3.26. The molecule has 0 bridgehead atoms. The van der Waals surface area contributed by atoms with Crippen LogP contribution in [0.4, 0.5) is 13.2 Å². The summed E-state index contributed by atoms with van der Waals surface area (Å²) in [6.07, 6.45) is -3.80. The number of hydrogen-bond donors (Lipinski definition) is 2. The van der Waals surface area contributed by atoms with Gasteiger partial charge in [-0.05, 0) is 38.8 Å². The number of nitrogens with two attached hydrogens (primary N) is 1. The molecule has 0 aromatic heterocycles. The van der Waals surface area contributed by atoms with Crippen LogP contribution in [0.5, 0.6) is 0 Å². The van der Waals surface area contributed by atoms with Crippen LogP contribution < -0.4 is 11.1 Å². The van der Waals surface area contributed by atoms with Crippen LogP contribution in [0.3, 0.4) is 0 Å². The van der Waals surface area contributed by atoms with E-state index >= 15 is 0 Å². The smallest absolute Gasteiger partial charge is 0.355 e. The molecule has 0 aliphatic carbocycles. The largest absolute Gasteiger partial charge is 0.416 e. The Hall–Kier alpha value is -1.27. The molecule has 1 aromatic rings. The average molecular weight is 339 g/mol. The summed E-state index contributed by atoms with van der Waals surface area (Å²) in [6, 6.07) is 4.82. The van der Waals surface area contributed by atoms with Crippen molar-refractivity contribution in [1.82, 2.24) is 5.32 Å². The van der Waals surface area contributed by atoms with Crippen molar-refractivity contribution in [2.75, 3.05) is 6.54 Å². The van der Waals surface area contributed by atoms with Gasteiger partial charge >= 0.3 is 6.18 Å². The fraction of sp³-hybridized carbons (Fsp3) is 0.533. The maximum absolute atomic E-state index is 12.7. The number of carbonyl (C=O) groups is 1. The quantitative estimate of drug-likeness (QED) is 0.865. The predicted molar refractivity (Wildman–Crippen MR) is 83.0 cm³/mol. The standard InChI is InChI=1S/C15H21F3N2O.ClH/c1-10(19)7-8-20-13(21)14(2,3)11-5-4-6-12(9-11)15(16,17)18;/h4-6,9-10H,7-8,19H2,1-3H3,(H,20,21);1H. The molecule has 0 heterocycles. The lowest BCUT2D eigenvalue weighted by atomic mass is 9.83. The van der Waals surface area contributed by atoms with Gasteiger partial charge < -0.3 is 11.1 Å². The summed E-state index contributed by atoms with van der Waals surface area (Å²) in [7, 11) is 0. The van der Waals surface area contributed by atoms with Crippen molar-refractivity contribution in [3.63, 3.8) is 0 Å². The molecule has 3 N–H and O–H groups in total. The minimum absolute atomic E-state index is 0. The van der Waals surface area contributed by atoms with Crippen LogP contribution in [-0.4, -0.2) is 18.5 Å². The van der Waals surface area contributed by atoms with Crippen LogP contribution in [-0.2, 0) is 16.4 Å². The van der Waals surface area contributed by atoms with Crippen LogP contribution in [0, 0.1) is 0 Å². The lowest BCUT2D eigenvalue weighted by molar-refractivity contribution is -0.137. The van der Waals surface area contributed by atoms with Crippen LogP contribution in [0.25, 0.3) is 0 Å². The average Bonchev–Trinajstić information content (AvgIpc) is 2.37. The van der Waals surface area contributed by atoms with Crippen molar-refractivity contribution in [2.45, 2.75) is 44.8 Å². The van der Waals surface area contributed by atoms with Crippen molar-refractivity contribution in [3.05, 3.63) is 35.4 Å². The van der Waals surface area contributed by atoms with Crippen LogP contribution in [0.15, 0.2) is 24.3 Å². The Morgan fingerprint density at radius 1 is 1.27 bits per heavy atom. The summed E-state index contributed by atoms with van der Waals surface area (Å²) in [5, 5.41) is 2.71. The molecule has 0 saturated heterocycles. The first-order chi connectivity index (χ1) is 9.55. The highest BCUT2D eigenvalue weighted by molar-refractivity contribution is 5.87. The maximum Gasteiger partial charge on any atom is 0.416 e. The van der Waals surface area contributed by atoms with E-state index in [0.717, 1.165) is 12.1 Å². The van der Waals surface area contributed by atoms with Crippen molar-refractivity contribution < 1.29 is 18.0 Å². The molecule has 3 nitrogen and oxygen atoms in total. The van der Waals surface area contributed by atoms with Gasteiger partial charge in [0.1, 0.15) is 0 Å². The molecule has 0 radical (unpaired) electrons. The zero-order valence-corrected chi connectivity index (χ0v) is 13.6. The third-order valence-corrected chi connectivity index (χ3v) is 3.36. The van der Waals surface area contributed by atoms with E-state index in [-0.39, 0.29) is 24.4 Å². The van der Waals surface area contributed by atoms with Crippen LogP contribution in [0.2, 0.25) is 0 Å². The van der Waals surface area contributed by atoms with E-state index in [1.165, 1.54) is 12.1 Å². The van der Waals surface area contributed by atoms with Gasteiger partial charge in [-0.3, -0.25) is 4.79 Å². The molecule has 7 heteroatoms. The molecule has 0 aliphatic heterocycles. The van der Waals surface area contributed by atoms with E-state index in [4.69, 9.17) is 5.73 Å². The highest BCUT2D eigenvalue weighted by Gasteiger charge is 2.34. The first-order valence-corrected chi connectivity index (χ1v) is 6.76. The number of benzene rings is 1. The number of halogens is 4. The topological polar surface area (TPSA) is 55.1 Å². The minimum atomic E-state index is -4.42. The monoisotopic (exact) mass is 338 g/mol. The second-order valence-corrected chi connectivity index (χ2v) is 5.73. The molecule has 0 spiro atoms. The molecule has 1 atom stereocenters. The van der Waals surface area contributed by atoms with Gasteiger partial charge in [-0.15, -0.1) is 12.4 Å². The Labute approximate surface area is 134 Å². The molecule has 1 unspecified atom stereocenters. The van der Waals surface area contributed by atoms with E-state index in [1.807, 2.05) is 6.92 Å². The molecule has 1 aromatic carbocycles. The van der Waals surface area contributed by atoms with Crippen molar-refractivity contribution in [1.29, 1.82) is 0 Å². The van der Waals surface area contributed by atoms with Gasteiger partial charge in [0.25, 0.3) is 0 Å². The third-order valence-electron chi connectivity index (χ3n) is 3.36. The third kappa shape index (κ3) is 5.50. The van der Waals surface area contributed by atoms with E-state index in [0.29, 0.717) is 18.5 Å². The van der Waals surface area contributed by atoms with Gasteiger partial charge in [0.15, 0.2) is 0 Å². The Kier molecular flexibility index (Phi) is 7.38. The summed E-state index contributed by atoms with van der Waals surface area (Å²) < 4.78 is 38.2. The van der Waals surface area contributed by atoms with Crippen LogP contribution >= 0.6 is 12.4 Å². The molecular weight excluding hydrogens is 317 g/mol. The van der Waals surface area contributed by atoms with E-state index in [1.54, 1.807) is 13.8 Å². The number of carbonyl (C=O) groups excluding carboxylic acids is 1. The van der Waals surface area contributed by atoms with Gasteiger partial charge in [-0.1, -0.05) is 18.2 Å². The number of rotatable bonds is 5. The number of nitrogens with one attached hydrogen (secondary N) is 1. The highest BCUT2D eigenvalue weighted by Crippen LogP contribution is 2.32. The molecule has 0 saturated carbocycles. The number of hydrogen-bond acceptors (Lipinski definition) is 2. The van der Waals surface area contributed by atoms with Crippen molar-refractivity contribution in [3.8, 4) is 0 Å². The fourth-order valence-electron chi connectivity index (χ4n) is 1.85. The molecule has 1 amide bonds. The van der Waals surface area contributed by atoms with Crippen LogP contribution in [0.1, 0.15) is 38.3 Å². The van der Waals surface area contributed by atoms with Gasteiger partial charge in [0.05, 0.1) is 11.0 Å². The first kappa shape index (κ1) is 20.7. The fourth-order valence-corrected chi connectivity index (χ4v) is 1.85. The second-order valence-electron chi connectivity index (χ2n) is 5.73. The summed E-state index contributed by atoms with van der Waals surface area (Å²) in [4.78, 5) is 12.2. The van der Waals surface area contributed by atoms with Gasteiger partial charge in [-0.2, -0.15) is 13.2 Å². The normalized spacial score (nSPS) is 13.2. The Morgan fingerprint density at radius 2 is 1.82 bits per heavy atom. The van der Waals surface area contributed by atoms with Gasteiger partial charge in [0, 0.05) is 12.6 Å². The summed E-state index contributed by atoms with van der Waals surface area (Å²) in [5.74, 6) is -0.317. The van der Waals surface area contributed by atoms with Gasteiger partial charge in [0.2, 0.25) is 5.91 Å². The van der Waals surface area contributed by atoms with Crippen molar-refractivity contribution in [2.24, 2.45) is 5.73 Å². The minimum Gasteiger partial charge on any atom is -0.355 e. The first-order valence-electron chi connectivity index (χ1n) is 6.76. The zero-order chi connectivity index (χ0) is 16.3. The SMILES string of the molecule is CC(N)CCNC(=O)C(C)(C)c1cccc(C(F)(F)F)c1.Cl. The molecular formula is C15H22ClF3N2O. The van der Waals surface area contributed by atoms with E-state index < -0.39 is 17.2 Å².